The average Bonchev–Trinajstić information content (AvgIpc) is 2.78. The molecule has 0 aliphatic heterocycles. The van der Waals surface area contributed by atoms with E-state index in [1.165, 1.54) is 12.1 Å². The van der Waals surface area contributed by atoms with Gasteiger partial charge in [-0.3, -0.25) is 4.79 Å². The molecule has 0 atom stereocenters. The summed E-state index contributed by atoms with van der Waals surface area (Å²) in [4.78, 5) is 36.0. The van der Waals surface area contributed by atoms with E-state index < -0.39 is 18.0 Å². The Morgan fingerprint density at radius 3 is 2.00 bits per heavy atom. The van der Waals surface area contributed by atoms with Crippen molar-refractivity contribution in [3.8, 4) is 0 Å². The van der Waals surface area contributed by atoms with Crippen molar-refractivity contribution in [1.82, 2.24) is 10.6 Å². The minimum atomic E-state index is -0.530. The van der Waals surface area contributed by atoms with Gasteiger partial charge in [0.05, 0.1) is 6.54 Å². The SMILES string of the molecule is O=C(CNC(=O)NCc1ccc(F)cc1)Nc1cccc(NC(=O)Nc2ccccc2)c1. The number of carbonyl (C=O) groups is 3. The first-order valence-corrected chi connectivity index (χ1v) is 9.77. The Morgan fingerprint density at radius 1 is 0.656 bits per heavy atom. The van der Waals surface area contributed by atoms with Gasteiger partial charge in [0, 0.05) is 23.6 Å². The molecule has 0 saturated carbocycles. The van der Waals surface area contributed by atoms with E-state index in [1.807, 2.05) is 18.2 Å². The monoisotopic (exact) mass is 435 g/mol. The molecule has 0 unspecified atom stereocenters. The van der Waals surface area contributed by atoms with E-state index in [1.54, 1.807) is 48.5 Å². The molecular weight excluding hydrogens is 413 g/mol. The van der Waals surface area contributed by atoms with Gasteiger partial charge in [0.2, 0.25) is 5.91 Å². The third kappa shape index (κ3) is 7.45. The zero-order valence-corrected chi connectivity index (χ0v) is 17.0. The van der Waals surface area contributed by atoms with Gasteiger partial charge in [-0.05, 0) is 48.0 Å². The van der Waals surface area contributed by atoms with E-state index >= 15 is 0 Å². The number of rotatable bonds is 7. The first kappa shape index (κ1) is 22.3. The van der Waals surface area contributed by atoms with Crippen LogP contribution in [-0.4, -0.2) is 24.5 Å². The summed E-state index contributed by atoms with van der Waals surface area (Å²) in [5, 5.41) is 13.1. The van der Waals surface area contributed by atoms with Crippen LogP contribution in [0.2, 0.25) is 0 Å². The number of nitrogens with one attached hydrogen (secondary N) is 5. The molecule has 3 rings (SSSR count). The van der Waals surface area contributed by atoms with Gasteiger partial charge in [-0.1, -0.05) is 36.4 Å². The smallest absolute Gasteiger partial charge is 0.323 e. The molecular formula is C23H22FN5O3. The van der Waals surface area contributed by atoms with Crippen LogP contribution in [0.5, 0.6) is 0 Å². The molecule has 3 aromatic carbocycles. The highest BCUT2D eigenvalue weighted by molar-refractivity contribution is 6.00. The number of benzene rings is 3. The molecule has 0 aliphatic rings. The van der Waals surface area contributed by atoms with E-state index in [-0.39, 0.29) is 18.9 Å². The summed E-state index contributed by atoms with van der Waals surface area (Å²) < 4.78 is 12.9. The number of hydrogen-bond donors (Lipinski definition) is 5. The van der Waals surface area contributed by atoms with Crippen LogP contribution in [-0.2, 0) is 11.3 Å². The predicted octanol–water partition coefficient (Wildman–Crippen LogP) is 3.91. The standard InChI is InChI=1S/C23H22FN5O3/c24-17-11-9-16(10-12-17)14-25-22(31)26-15-21(30)27-19-7-4-8-20(13-19)29-23(32)28-18-5-2-1-3-6-18/h1-13H,14-15H2,(H,27,30)(H2,25,26,31)(H2,28,29,32). The lowest BCUT2D eigenvalue weighted by Crippen LogP contribution is -2.39. The minimum Gasteiger partial charge on any atom is -0.334 e. The van der Waals surface area contributed by atoms with Crippen molar-refractivity contribution in [1.29, 1.82) is 0 Å². The molecule has 8 nitrogen and oxygen atoms in total. The lowest BCUT2D eigenvalue weighted by atomic mass is 10.2. The lowest BCUT2D eigenvalue weighted by Gasteiger charge is -2.11. The Balaban J connectivity index is 1.42. The van der Waals surface area contributed by atoms with Crippen molar-refractivity contribution in [3.63, 3.8) is 0 Å². The zero-order valence-electron chi connectivity index (χ0n) is 17.0. The number of para-hydroxylation sites is 1. The Kier molecular flexibility index (Phi) is 7.74. The van der Waals surface area contributed by atoms with Crippen LogP contribution in [0.1, 0.15) is 5.56 Å². The van der Waals surface area contributed by atoms with Crippen LogP contribution in [0.25, 0.3) is 0 Å². The van der Waals surface area contributed by atoms with Crippen LogP contribution in [0.3, 0.4) is 0 Å². The first-order valence-electron chi connectivity index (χ1n) is 9.77. The van der Waals surface area contributed by atoms with Crippen LogP contribution in [0.4, 0.5) is 31.0 Å². The van der Waals surface area contributed by atoms with E-state index in [2.05, 4.69) is 26.6 Å². The van der Waals surface area contributed by atoms with Crippen molar-refractivity contribution in [2.75, 3.05) is 22.5 Å². The van der Waals surface area contributed by atoms with Crippen molar-refractivity contribution in [3.05, 3.63) is 90.2 Å². The maximum atomic E-state index is 12.9. The fourth-order valence-electron chi connectivity index (χ4n) is 2.70. The Hall–Kier alpha value is -4.40. The number of hydrogen-bond acceptors (Lipinski definition) is 3. The van der Waals surface area contributed by atoms with Gasteiger partial charge in [-0.15, -0.1) is 0 Å². The molecule has 9 heteroatoms. The van der Waals surface area contributed by atoms with Gasteiger partial charge < -0.3 is 26.6 Å². The molecule has 3 aromatic rings. The summed E-state index contributed by atoms with van der Waals surface area (Å²) in [5.74, 6) is -0.793. The van der Waals surface area contributed by atoms with E-state index in [0.29, 0.717) is 17.1 Å². The van der Waals surface area contributed by atoms with Crippen LogP contribution in [0, 0.1) is 5.82 Å². The topological polar surface area (TPSA) is 111 Å². The van der Waals surface area contributed by atoms with Gasteiger partial charge in [0.1, 0.15) is 5.82 Å². The summed E-state index contributed by atoms with van der Waals surface area (Å²) in [6.07, 6.45) is 0. The Labute approximate surface area is 184 Å². The van der Waals surface area contributed by atoms with Gasteiger partial charge in [-0.25, -0.2) is 14.0 Å². The summed E-state index contributed by atoms with van der Waals surface area (Å²) >= 11 is 0. The molecule has 0 fully saturated rings. The van der Waals surface area contributed by atoms with Crippen LogP contribution in [0.15, 0.2) is 78.9 Å². The molecule has 5 N–H and O–H groups in total. The fraction of sp³-hybridized carbons (Fsp3) is 0.0870. The average molecular weight is 435 g/mol. The van der Waals surface area contributed by atoms with E-state index in [0.717, 1.165) is 5.56 Å². The molecule has 0 radical (unpaired) electrons. The van der Waals surface area contributed by atoms with Crippen LogP contribution >= 0.6 is 0 Å². The minimum absolute atomic E-state index is 0.201. The highest BCUT2D eigenvalue weighted by Gasteiger charge is 2.08. The summed E-state index contributed by atoms with van der Waals surface area (Å²) in [5.41, 5.74) is 2.33. The van der Waals surface area contributed by atoms with Crippen LogP contribution < -0.4 is 26.6 Å². The third-order valence-electron chi connectivity index (χ3n) is 4.21. The second kappa shape index (κ2) is 11.1. The second-order valence-corrected chi connectivity index (χ2v) is 6.74. The molecule has 0 saturated heterocycles. The molecule has 5 amide bonds. The molecule has 0 heterocycles. The molecule has 164 valence electrons. The van der Waals surface area contributed by atoms with Crippen molar-refractivity contribution in [2.24, 2.45) is 0 Å². The molecule has 0 spiro atoms. The third-order valence-corrected chi connectivity index (χ3v) is 4.21. The fourth-order valence-corrected chi connectivity index (χ4v) is 2.70. The van der Waals surface area contributed by atoms with E-state index in [4.69, 9.17) is 0 Å². The zero-order chi connectivity index (χ0) is 22.8. The number of urea groups is 2. The molecule has 32 heavy (non-hydrogen) atoms. The number of carbonyl (C=O) groups excluding carboxylic acids is 3. The lowest BCUT2D eigenvalue weighted by molar-refractivity contribution is -0.115. The van der Waals surface area contributed by atoms with Gasteiger partial charge in [0.25, 0.3) is 0 Å². The van der Waals surface area contributed by atoms with Crippen molar-refractivity contribution >= 4 is 35.0 Å². The van der Waals surface area contributed by atoms with Gasteiger partial charge in [-0.2, -0.15) is 0 Å². The Bertz CT molecular complexity index is 1070. The highest BCUT2D eigenvalue weighted by atomic mass is 19.1. The molecule has 0 aromatic heterocycles. The maximum Gasteiger partial charge on any atom is 0.323 e. The summed E-state index contributed by atoms with van der Waals surface area (Å²) in [6.45, 7) is -0.0477. The largest absolute Gasteiger partial charge is 0.334 e. The normalized spacial score (nSPS) is 10.0. The van der Waals surface area contributed by atoms with Gasteiger partial charge in [0.15, 0.2) is 0 Å². The second-order valence-electron chi connectivity index (χ2n) is 6.74. The van der Waals surface area contributed by atoms with E-state index in [9.17, 15) is 18.8 Å². The first-order chi connectivity index (χ1) is 15.5. The number of anilines is 3. The quantitative estimate of drug-likeness (QED) is 0.388. The summed E-state index contributed by atoms with van der Waals surface area (Å²) in [7, 11) is 0. The maximum absolute atomic E-state index is 12.9. The van der Waals surface area contributed by atoms with Crippen molar-refractivity contribution in [2.45, 2.75) is 6.54 Å². The molecule has 0 aliphatic carbocycles. The highest BCUT2D eigenvalue weighted by Crippen LogP contribution is 2.15. The Morgan fingerprint density at radius 2 is 1.28 bits per heavy atom. The summed E-state index contributed by atoms with van der Waals surface area (Å²) in [6, 6.07) is 20.4. The van der Waals surface area contributed by atoms with Gasteiger partial charge >= 0.3 is 12.1 Å². The number of amides is 5. The number of halogens is 1. The van der Waals surface area contributed by atoms with Crippen molar-refractivity contribution < 1.29 is 18.8 Å². The molecule has 0 bridgehead atoms. The predicted molar refractivity (Wildman–Crippen MR) is 121 cm³/mol.